The van der Waals surface area contributed by atoms with E-state index in [9.17, 15) is 9.59 Å². The Bertz CT molecular complexity index is 1650. The molecule has 0 fully saturated rings. The van der Waals surface area contributed by atoms with Crippen molar-refractivity contribution in [3.63, 3.8) is 0 Å². The van der Waals surface area contributed by atoms with Crippen molar-refractivity contribution >= 4 is 46.9 Å². The van der Waals surface area contributed by atoms with Crippen LogP contribution in [0.15, 0.2) is 95.5 Å². The Balaban J connectivity index is 1.58. The van der Waals surface area contributed by atoms with E-state index in [1.165, 1.54) is 23.1 Å². The first-order valence-electron chi connectivity index (χ1n) is 11.4. The molecule has 188 valence electrons. The fourth-order valence-electron chi connectivity index (χ4n) is 3.92. The summed E-state index contributed by atoms with van der Waals surface area (Å²) < 4.78 is 13.3. The molecule has 0 N–H and O–H groups in total. The van der Waals surface area contributed by atoms with Crippen LogP contribution >= 0.6 is 34.9 Å². The van der Waals surface area contributed by atoms with E-state index in [2.05, 4.69) is 15.0 Å². The number of hydrogen-bond acceptors (Lipinski definition) is 10. The van der Waals surface area contributed by atoms with Crippen LogP contribution in [0.25, 0.3) is 6.08 Å². The number of rotatable bonds is 7. The first-order valence-corrected chi connectivity index (χ1v) is 14.2. The molecule has 1 aromatic carbocycles. The highest BCUT2D eigenvalue weighted by atomic mass is 32.2. The fourth-order valence-corrected chi connectivity index (χ4v) is 6.03. The molecule has 1 aliphatic heterocycles. The summed E-state index contributed by atoms with van der Waals surface area (Å²) in [6.45, 7) is 3.75. The molecule has 11 heteroatoms. The average Bonchev–Trinajstić information content (AvgIpc) is 3.47. The van der Waals surface area contributed by atoms with Gasteiger partial charge in [-0.3, -0.25) is 9.36 Å². The number of furan rings is 1. The Labute approximate surface area is 224 Å². The van der Waals surface area contributed by atoms with Crippen molar-refractivity contribution in [2.24, 2.45) is 4.99 Å². The fraction of sp³-hybridized carbons (Fsp3) is 0.192. The minimum absolute atomic E-state index is 0.227. The average molecular weight is 551 g/mol. The Morgan fingerprint density at radius 2 is 1.95 bits per heavy atom. The second-order valence-electron chi connectivity index (χ2n) is 7.87. The van der Waals surface area contributed by atoms with E-state index in [-0.39, 0.29) is 12.2 Å². The lowest BCUT2D eigenvalue weighted by Crippen LogP contribution is -2.39. The van der Waals surface area contributed by atoms with Gasteiger partial charge in [-0.05, 0) is 67.8 Å². The van der Waals surface area contributed by atoms with Gasteiger partial charge in [-0.2, -0.15) is 0 Å². The zero-order chi connectivity index (χ0) is 25.9. The molecule has 37 heavy (non-hydrogen) atoms. The summed E-state index contributed by atoms with van der Waals surface area (Å²) in [5.41, 5.74) is 1.44. The Morgan fingerprint density at radius 3 is 2.65 bits per heavy atom. The summed E-state index contributed by atoms with van der Waals surface area (Å²) in [6.07, 6.45) is 7.02. The number of esters is 1. The highest BCUT2D eigenvalue weighted by Crippen LogP contribution is 2.32. The first-order chi connectivity index (χ1) is 18.0. The number of allylic oxidation sites excluding steroid dienone is 1. The number of nitrogens with zero attached hydrogens (tertiary/aromatic N) is 4. The van der Waals surface area contributed by atoms with Gasteiger partial charge < -0.3 is 9.15 Å². The third kappa shape index (κ3) is 5.20. The van der Waals surface area contributed by atoms with Gasteiger partial charge in [0.25, 0.3) is 5.56 Å². The zero-order valence-electron chi connectivity index (χ0n) is 20.2. The van der Waals surface area contributed by atoms with Crippen molar-refractivity contribution in [1.82, 2.24) is 14.5 Å². The number of thioether (sulfide) groups is 1. The van der Waals surface area contributed by atoms with Crippen LogP contribution in [-0.4, -0.2) is 33.4 Å². The number of benzene rings is 1. The number of thiazole rings is 1. The Kier molecular flexibility index (Phi) is 7.45. The molecule has 0 saturated heterocycles. The van der Waals surface area contributed by atoms with Crippen LogP contribution in [0.3, 0.4) is 0 Å². The van der Waals surface area contributed by atoms with E-state index in [0.717, 1.165) is 10.5 Å². The standard InChI is InChI=1S/C26H22N4O4S3/c1-4-33-24(32)21-15(2)29-26-30(22(21)16-6-9-18(35-3)10-7-16)23(31)19(36-26)14-17-8-11-20(34-17)37-25-27-12-5-13-28-25/h5-14,22H,4H2,1-3H3/b19-14+/t22-/m0/s1. The summed E-state index contributed by atoms with van der Waals surface area (Å²) >= 11 is 4.17. The number of carbonyl (C=O) groups excluding carboxylic acids is 1. The van der Waals surface area contributed by atoms with Crippen molar-refractivity contribution in [2.45, 2.75) is 35.0 Å². The van der Waals surface area contributed by atoms with Crippen molar-refractivity contribution in [2.75, 3.05) is 12.9 Å². The summed E-state index contributed by atoms with van der Waals surface area (Å²) in [5.74, 6) is 0.0405. The molecule has 5 rings (SSSR count). The monoisotopic (exact) mass is 550 g/mol. The van der Waals surface area contributed by atoms with Gasteiger partial charge in [-0.1, -0.05) is 23.5 Å². The lowest BCUT2D eigenvalue weighted by molar-refractivity contribution is -0.139. The molecule has 4 heterocycles. The molecule has 0 saturated carbocycles. The van der Waals surface area contributed by atoms with Crippen molar-refractivity contribution < 1.29 is 13.9 Å². The molecule has 8 nitrogen and oxygen atoms in total. The summed E-state index contributed by atoms with van der Waals surface area (Å²) in [6, 6.07) is 12.5. The molecule has 0 unspecified atom stereocenters. The molecule has 0 spiro atoms. The first kappa shape index (κ1) is 25.2. The summed E-state index contributed by atoms with van der Waals surface area (Å²) in [5, 5.41) is 1.18. The van der Waals surface area contributed by atoms with E-state index in [1.54, 1.807) is 60.8 Å². The Hall–Kier alpha value is -3.41. The third-order valence-corrected chi connectivity index (χ3v) is 8.10. The molecule has 0 radical (unpaired) electrons. The number of ether oxygens (including phenoxy) is 1. The van der Waals surface area contributed by atoms with Crippen LogP contribution < -0.4 is 14.9 Å². The van der Waals surface area contributed by atoms with Gasteiger partial charge in [-0.25, -0.2) is 19.8 Å². The minimum Gasteiger partial charge on any atom is -0.463 e. The topological polar surface area (TPSA) is 99.6 Å². The summed E-state index contributed by atoms with van der Waals surface area (Å²) in [7, 11) is 0. The van der Waals surface area contributed by atoms with Crippen LogP contribution in [0, 0.1) is 0 Å². The maximum atomic E-state index is 13.7. The second kappa shape index (κ2) is 10.9. The SMILES string of the molecule is CCOC(=O)C1=C(C)N=c2s/c(=C/c3ccc(Sc4ncccn4)o3)c(=O)n2[C@H]1c1ccc(SC)cc1. The second-order valence-corrected chi connectivity index (χ2v) is 10.7. The number of carbonyl (C=O) groups is 1. The smallest absolute Gasteiger partial charge is 0.338 e. The van der Waals surface area contributed by atoms with Crippen molar-refractivity contribution in [3.05, 3.63) is 97.1 Å². The predicted octanol–water partition coefficient (Wildman–Crippen LogP) is 4.05. The highest BCUT2D eigenvalue weighted by molar-refractivity contribution is 7.99. The van der Waals surface area contributed by atoms with Crippen molar-refractivity contribution in [1.29, 1.82) is 0 Å². The maximum Gasteiger partial charge on any atom is 0.338 e. The van der Waals surface area contributed by atoms with E-state index in [0.29, 0.717) is 36.6 Å². The molecule has 0 amide bonds. The van der Waals surface area contributed by atoms with Gasteiger partial charge in [0.15, 0.2) is 15.1 Å². The highest BCUT2D eigenvalue weighted by Gasteiger charge is 2.33. The number of hydrogen-bond donors (Lipinski definition) is 0. The van der Waals surface area contributed by atoms with Crippen LogP contribution in [0.2, 0.25) is 0 Å². The van der Waals surface area contributed by atoms with E-state index in [4.69, 9.17) is 9.15 Å². The van der Waals surface area contributed by atoms with Gasteiger partial charge in [0.05, 0.1) is 28.5 Å². The molecule has 3 aromatic heterocycles. The van der Waals surface area contributed by atoms with E-state index in [1.807, 2.05) is 36.6 Å². The molecule has 4 aromatic rings. The third-order valence-electron chi connectivity index (χ3n) is 5.56. The van der Waals surface area contributed by atoms with Crippen LogP contribution in [-0.2, 0) is 9.53 Å². The zero-order valence-corrected chi connectivity index (χ0v) is 22.7. The predicted molar refractivity (Wildman–Crippen MR) is 143 cm³/mol. The molecular weight excluding hydrogens is 529 g/mol. The minimum atomic E-state index is -0.647. The molecule has 0 bridgehead atoms. The lowest BCUT2D eigenvalue weighted by atomic mass is 9.96. The maximum absolute atomic E-state index is 13.7. The van der Waals surface area contributed by atoms with Crippen LogP contribution in [0.1, 0.15) is 31.2 Å². The van der Waals surface area contributed by atoms with Crippen molar-refractivity contribution in [3.8, 4) is 0 Å². The molecule has 1 atom stereocenters. The summed E-state index contributed by atoms with van der Waals surface area (Å²) in [4.78, 5) is 41.3. The quantitative estimate of drug-likeness (QED) is 0.193. The van der Waals surface area contributed by atoms with E-state index >= 15 is 0 Å². The van der Waals surface area contributed by atoms with Crippen LogP contribution in [0.5, 0.6) is 0 Å². The van der Waals surface area contributed by atoms with Gasteiger partial charge in [-0.15, -0.1) is 11.8 Å². The van der Waals surface area contributed by atoms with Gasteiger partial charge in [0, 0.05) is 23.4 Å². The molecular formula is C26H22N4O4S3. The van der Waals surface area contributed by atoms with E-state index < -0.39 is 12.0 Å². The number of aromatic nitrogens is 3. The largest absolute Gasteiger partial charge is 0.463 e. The lowest BCUT2D eigenvalue weighted by Gasteiger charge is -2.24. The molecule has 1 aliphatic rings. The normalized spacial score (nSPS) is 15.4. The van der Waals surface area contributed by atoms with Gasteiger partial charge in [0.1, 0.15) is 5.76 Å². The van der Waals surface area contributed by atoms with Gasteiger partial charge in [0.2, 0.25) is 0 Å². The molecule has 0 aliphatic carbocycles. The van der Waals surface area contributed by atoms with Crippen LogP contribution in [0.4, 0.5) is 0 Å². The Morgan fingerprint density at radius 1 is 1.19 bits per heavy atom. The van der Waals surface area contributed by atoms with Gasteiger partial charge >= 0.3 is 5.97 Å². The number of fused-ring (bicyclic) bond motifs is 1.